The third-order valence-corrected chi connectivity index (χ3v) is 5.42. The molecular weight excluding hydrogens is 268 g/mol. The van der Waals surface area contributed by atoms with E-state index in [-0.39, 0.29) is 23.0 Å². The monoisotopic (exact) mass is 296 g/mol. The lowest BCUT2D eigenvalue weighted by atomic mass is 9.56. The summed E-state index contributed by atoms with van der Waals surface area (Å²) in [7, 11) is 3.55. The van der Waals surface area contributed by atoms with E-state index in [1.54, 1.807) is 14.2 Å². The molecule has 120 valence electrons. The number of guanidine groups is 1. The van der Waals surface area contributed by atoms with Crippen LogP contribution in [0.4, 0.5) is 0 Å². The fraction of sp³-hybridized carbons (Fsp3) is 0.867. The Morgan fingerprint density at radius 1 is 1.38 bits per heavy atom. The van der Waals surface area contributed by atoms with E-state index in [9.17, 15) is 4.79 Å². The summed E-state index contributed by atoms with van der Waals surface area (Å²) in [5, 5.41) is 9.76. The Bertz CT molecular complexity index is 425. The molecule has 6 heteroatoms. The van der Waals surface area contributed by atoms with Crippen LogP contribution in [0.2, 0.25) is 0 Å². The molecule has 6 nitrogen and oxygen atoms in total. The standard InChI is InChI=1S/C15H28N4O2/c1-14(2)11(8-15(14,3)21-5)19-13(16-4)18-10-6-7-12(20)17-9-10/h10-11H,6-9H2,1-5H3,(H,17,20)(H2,16,18,19). The first-order valence-corrected chi connectivity index (χ1v) is 7.64. The van der Waals surface area contributed by atoms with Crippen molar-refractivity contribution in [3.8, 4) is 0 Å². The Kier molecular flexibility index (Phi) is 4.46. The van der Waals surface area contributed by atoms with Crippen molar-refractivity contribution < 1.29 is 9.53 Å². The number of methoxy groups -OCH3 is 1. The molecule has 3 unspecified atom stereocenters. The van der Waals surface area contributed by atoms with E-state index in [1.165, 1.54) is 0 Å². The number of amides is 1. The van der Waals surface area contributed by atoms with E-state index in [0.29, 0.717) is 19.0 Å². The maximum absolute atomic E-state index is 11.2. The zero-order valence-corrected chi connectivity index (χ0v) is 13.7. The second kappa shape index (κ2) is 5.83. The van der Waals surface area contributed by atoms with Crippen molar-refractivity contribution in [2.75, 3.05) is 20.7 Å². The van der Waals surface area contributed by atoms with Gasteiger partial charge in [-0.1, -0.05) is 13.8 Å². The van der Waals surface area contributed by atoms with Crippen molar-refractivity contribution >= 4 is 11.9 Å². The molecule has 1 heterocycles. The molecule has 0 bridgehead atoms. The first kappa shape index (κ1) is 16.1. The molecule has 0 radical (unpaired) electrons. The van der Waals surface area contributed by atoms with Gasteiger partial charge in [0.05, 0.1) is 5.60 Å². The molecule has 0 aromatic rings. The van der Waals surface area contributed by atoms with Crippen molar-refractivity contribution in [2.24, 2.45) is 10.4 Å². The highest BCUT2D eigenvalue weighted by Crippen LogP contribution is 2.51. The number of carbonyl (C=O) groups is 1. The molecule has 1 aliphatic carbocycles. The van der Waals surface area contributed by atoms with Crippen LogP contribution in [0.25, 0.3) is 0 Å². The zero-order valence-electron chi connectivity index (χ0n) is 13.7. The van der Waals surface area contributed by atoms with E-state index < -0.39 is 0 Å². The van der Waals surface area contributed by atoms with Crippen molar-refractivity contribution in [3.05, 3.63) is 0 Å². The van der Waals surface area contributed by atoms with Crippen molar-refractivity contribution in [3.63, 3.8) is 0 Å². The van der Waals surface area contributed by atoms with Crippen LogP contribution in [-0.4, -0.2) is 50.3 Å². The summed E-state index contributed by atoms with van der Waals surface area (Å²) >= 11 is 0. The molecule has 21 heavy (non-hydrogen) atoms. The quantitative estimate of drug-likeness (QED) is 0.527. The molecule has 1 amide bonds. The summed E-state index contributed by atoms with van der Waals surface area (Å²) in [6.45, 7) is 7.24. The molecule has 3 atom stereocenters. The van der Waals surface area contributed by atoms with Crippen LogP contribution < -0.4 is 16.0 Å². The number of hydrogen-bond acceptors (Lipinski definition) is 3. The first-order valence-electron chi connectivity index (χ1n) is 7.64. The van der Waals surface area contributed by atoms with Gasteiger partial charge in [0.15, 0.2) is 5.96 Å². The lowest BCUT2D eigenvalue weighted by Crippen LogP contribution is -2.70. The molecule has 0 aromatic heterocycles. The molecule has 3 N–H and O–H groups in total. The van der Waals surface area contributed by atoms with Gasteiger partial charge in [-0.2, -0.15) is 0 Å². The minimum Gasteiger partial charge on any atom is -0.378 e. The molecule has 0 aromatic carbocycles. The average molecular weight is 296 g/mol. The van der Waals surface area contributed by atoms with E-state index in [4.69, 9.17) is 4.74 Å². The van der Waals surface area contributed by atoms with E-state index in [0.717, 1.165) is 18.8 Å². The van der Waals surface area contributed by atoms with Gasteiger partial charge in [-0.05, 0) is 19.8 Å². The number of ether oxygens (including phenoxy) is 1. The maximum atomic E-state index is 11.2. The van der Waals surface area contributed by atoms with Crippen LogP contribution >= 0.6 is 0 Å². The first-order chi connectivity index (χ1) is 9.82. The number of nitrogens with zero attached hydrogens (tertiary/aromatic N) is 1. The highest BCUT2D eigenvalue weighted by Gasteiger charge is 2.58. The highest BCUT2D eigenvalue weighted by molar-refractivity contribution is 5.81. The summed E-state index contributed by atoms with van der Waals surface area (Å²) in [6.07, 6.45) is 2.38. The molecule has 2 aliphatic rings. The third kappa shape index (κ3) is 3.00. The van der Waals surface area contributed by atoms with Crippen LogP contribution in [-0.2, 0) is 9.53 Å². The molecule has 2 rings (SSSR count). The van der Waals surface area contributed by atoms with Crippen molar-refractivity contribution in [1.29, 1.82) is 0 Å². The van der Waals surface area contributed by atoms with Gasteiger partial charge in [-0.3, -0.25) is 9.79 Å². The molecular formula is C15H28N4O2. The van der Waals surface area contributed by atoms with Crippen LogP contribution in [0, 0.1) is 5.41 Å². The molecule has 0 spiro atoms. The number of piperidine rings is 1. The lowest BCUT2D eigenvalue weighted by Gasteiger charge is -2.59. The summed E-state index contributed by atoms with van der Waals surface area (Å²) in [5.41, 5.74) is -0.0531. The Hall–Kier alpha value is -1.30. The smallest absolute Gasteiger partial charge is 0.220 e. The lowest BCUT2D eigenvalue weighted by molar-refractivity contribution is -0.176. The summed E-state index contributed by atoms with van der Waals surface area (Å²) < 4.78 is 5.65. The van der Waals surface area contributed by atoms with Crippen LogP contribution in [0.1, 0.15) is 40.0 Å². The third-order valence-electron chi connectivity index (χ3n) is 5.42. The number of carbonyl (C=O) groups excluding carboxylic acids is 1. The Balaban J connectivity index is 1.88. The topological polar surface area (TPSA) is 74.8 Å². The van der Waals surface area contributed by atoms with Gasteiger partial charge >= 0.3 is 0 Å². The van der Waals surface area contributed by atoms with Crippen LogP contribution in [0.3, 0.4) is 0 Å². The second-order valence-electron chi connectivity index (χ2n) is 6.81. The molecule has 1 aliphatic heterocycles. The number of nitrogens with one attached hydrogen (secondary N) is 3. The number of rotatable bonds is 3. The Morgan fingerprint density at radius 2 is 2.10 bits per heavy atom. The fourth-order valence-electron chi connectivity index (χ4n) is 3.11. The van der Waals surface area contributed by atoms with Crippen molar-refractivity contribution in [1.82, 2.24) is 16.0 Å². The van der Waals surface area contributed by atoms with Gasteiger partial charge < -0.3 is 20.7 Å². The highest BCUT2D eigenvalue weighted by atomic mass is 16.5. The van der Waals surface area contributed by atoms with Crippen molar-refractivity contribution in [2.45, 2.75) is 57.7 Å². The SMILES string of the molecule is CN=C(NC1CCC(=O)NC1)NC1CC(C)(OC)C1(C)C. The predicted octanol–water partition coefficient (Wildman–Crippen LogP) is 0.634. The number of hydrogen-bond donors (Lipinski definition) is 3. The van der Waals surface area contributed by atoms with Gasteiger partial charge in [-0.25, -0.2) is 0 Å². The normalized spacial score (nSPS) is 35.7. The summed E-state index contributed by atoms with van der Waals surface area (Å²) in [4.78, 5) is 15.5. The Labute approximate surface area is 127 Å². The van der Waals surface area contributed by atoms with Gasteiger partial charge in [0, 0.05) is 44.6 Å². The van der Waals surface area contributed by atoms with Gasteiger partial charge in [-0.15, -0.1) is 0 Å². The van der Waals surface area contributed by atoms with Crippen LogP contribution in [0.15, 0.2) is 4.99 Å². The average Bonchev–Trinajstić information content (AvgIpc) is 2.47. The second-order valence-corrected chi connectivity index (χ2v) is 6.81. The van der Waals surface area contributed by atoms with Gasteiger partial charge in [0.2, 0.25) is 5.91 Å². The minimum atomic E-state index is -0.0949. The molecule has 1 saturated carbocycles. The fourth-order valence-corrected chi connectivity index (χ4v) is 3.11. The van der Waals surface area contributed by atoms with E-state index in [1.807, 2.05) is 0 Å². The van der Waals surface area contributed by atoms with E-state index >= 15 is 0 Å². The van der Waals surface area contributed by atoms with Gasteiger partial charge in [0.25, 0.3) is 0 Å². The zero-order chi connectivity index (χ0) is 15.7. The summed E-state index contributed by atoms with van der Waals surface area (Å²) in [6, 6.07) is 0.567. The molecule has 2 fully saturated rings. The maximum Gasteiger partial charge on any atom is 0.220 e. The van der Waals surface area contributed by atoms with E-state index in [2.05, 4.69) is 41.7 Å². The Morgan fingerprint density at radius 3 is 2.57 bits per heavy atom. The summed E-state index contributed by atoms with van der Waals surface area (Å²) in [5.74, 6) is 0.930. The largest absolute Gasteiger partial charge is 0.378 e. The van der Waals surface area contributed by atoms with Crippen LogP contribution in [0.5, 0.6) is 0 Å². The molecule has 1 saturated heterocycles. The minimum absolute atomic E-state index is 0.0418. The predicted molar refractivity (Wildman–Crippen MR) is 83.3 cm³/mol. The number of aliphatic imine (C=N–C) groups is 1. The van der Waals surface area contributed by atoms with Gasteiger partial charge in [0.1, 0.15) is 0 Å².